The molecule has 3 rings (SSSR count). The molecule has 4 heteroatoms. The first kappa shape index (κ1) is 10.4. The molecule has 2 aliphatic rings. The van der Waals surface area contributed by atoms with Gasteiger partial charge in [-0.3, -0.25) is 0 Å². The number of ether oxygens (including phenoxy) is 3. The average Bonchev–Trinajstić information content (AvgIpc) is 2.90. The van der Waals surface area contributed by atoms with E-state index in [0.717, 1.165) is 18.4 Å². The highest BCUT2D eigenvalue weighted by atomic mass is 16.7. The number of fused-ring (bicyclic) bond motifs is 2. The maximum Gasteiger partial charge on any atom is 0.339 e. The van der Waals surface area contributed by atoms with E-state index in [1.54, 1.807) is 6.07 Å². The lowest BCUT2D eigenvalue weighted by Crippen LogP contribution is -2.24. The minimum atomic E-state index is -0.493. The van der Waals surface area contributed by atoms with Crippen LogP contribution in [-0.4, -0.2) is 12.8 Å². The van der Waals surface area contributed by atoms with Crippen molar-refractivity contribution in [2.45, 2.75) is 32.3 Å². The minimum Gasteiger partial charge on any atom is -0.454 e. The summed E-state index contributed by atoms with van der Waals surface area (Å²) in [5.74, 6) is 1.07. The first-order chi connectivity index (χ1) is 8.20. The normalized spacial score (nSPS) is 19.1. The van der Waals surface area contributed by atoms with Crippen molar-refractivity contribution >= 4 is 5.97 Å². The van der Waals surface area contributed by atoms with Gasteiger partial charge in [-0.15, -0.1) is 0 Å². The lowest BCUT2D eigenvalue weighted by Gasteiger charge is -2.25. The molecule has 0 saturated carbocycles. The van der Waals surface area contributed by atoms with E-state index in [9.17, 15) is 4.79 Å². The monoisotopic (exact) mass is 234 g/mol. The maximum atomic E-state index is 11.9. The fourth-order valence-electron chi connectivity index (χ4n) is 2.55. The Morgan fingerprint density at radius 3 is 2.47 bits per heavy atom. The third kappa shape index (κ3) is 1.27. The number of hydrogen-bond acceptors (Lipinski definition) is 4. The molecule has 1 aromatic rings. The van der Waals surface area contributed by atoms with Crippen molar-refractivity contribution in [2.24, 2.45) is 0 Å². The van der Waals surface area contributed by atoms with Crippen molar-refractivity contribution in [3.63, 3.8) is 0 Å². The SMILES string of the molecule is CCC1(CC)OC(=O)c2cc3c(cc21)OCO3. The lowest BCUT2D eigenvalue weighted by molar-refractivity contribution is -0.0127. The van der Waals surface area contributed by atoms with E-state index in [4.69, 9.17) is 14.2 Å². The van der Waals surface area contributed by atoms with Gasteiger partial charge in [0, 0.05) is 5.56 Å². The first-order valence-corrected chi connectivity index (χ1v) is 5.87. The molecule has 0 atom stereocenters. The Kier molecular flexibility index (Phi) is 2.08. The molecule has 17 heavy (non-hydrogen) atoms. The van der Waals surface area contributed by atoms with Crippen molar-refractivity contribution in [2.75, 3.05) is 6.79 Å². The molecule has 1 aromatic carbocycles. The van der Waals surface area contributed by atoms with Gasteiger partial charge in [0.2, 0.25) is 6.79 Å². The molecule has 0 aliphatic carbocycles. The molecule has 2 aliphatic heterocycles. The molecule has 4 nitrogen and oxygen atoms in total. The molecular weight excluding hydrogens is 220 g/mol. The third-order valence-electron chi connectivity index (χ3n) is 3.65. The van der Waals surface area contributed by atoms with Crippen LogP contribution < -0.4 is 9.47 Å². The van der Waals surface area contributed by atoms with E-state index in [1.807, 2.05) is 19.9 Å². The second kappa shape index (κ2) is 3.39. The van der Waals surface area contributed by atoms with E-state index in [2.05, 4.69) is 0 Å². The molecule has 0 bridgehead atoms. The molecule has 0 N–H and O–H groups in total. The number of benzene rings is 1. The van der Waals surface area contributed by atoms with Gasteiger partial charge in [0.15, 0.2) is 11.5 Å². The van der Waals surface area contributed by atoms with Crippen molar-refractivity contribution in [1.82, 2.24) is 0 Å². The summed E-state index contributed by atoms with van der Waals surface area (Å²) < 4.78 is 16.2. The van der Waals surface area contributed by atoms with Gasteiger partial charge in [-0.25, -0.2) is 4.79 Å². The van der Waals surface area contributed by atoms with Crippen LogP contribution in [0.3, 0.4) is 0 Å². The van der Waals surface area contributed by atoms with Crippen LogP contribution >= 0.6 is 0 Å². The zero-order chi connectivity index (χ0) is 12.0. The molecule has 90 valence electrons. The first-order valence-electron chi connectivity index (χ1n) is 5.87. The standard InChI is InChI=1S/C13H14O4/c1-3-13(4-2)9-6-11-10(15-7-16-11)5-8(9)12(14)17-13/h5-6H,3-4,7H2,1-2H3. The Labute approximate surface area is 99.5 Å². The zero-order valence-corrected chi connectivity index (χ0v) is 9.91. The van der Waals surface area contributed by atoms with E-state index in [1.165, 1.54) is 0 Å². The predicted molar refractivity (Wildman–Crippen MR) is 60.2 cm³/mol. The highest BCUT2D eigenvalue weighted by molar-refractivity contribution is 5.95. The van der Waals surface area contributed by atoms with Crippen LogP contribution in [0.15, 0.2) is 12.1 Å². The molecule has 0 radical (unpaired) electrons. The van der Waals surface area contributed by atoms with E-state index < -0.39 is 5.60 Å². The Morgan fingerprint density at radius 2 is 1.82 bits per heavy atom. The van der Waals surface area contributed by atoms with Gasteiger partial charge in [0.25, 0.3) is 0 Å². The van der Waals surface area contributed by atoms with Gasteiger partial charge >= 0.3 is 5.97 Å². The molecular formula is C13H14O4. The van der Waals surface area contributed by atoms with E-state index in [0.29, 0.717) is 17.1 Å². The highest BCUT2D eigenvalue weighted by Crippen LogP contribution is 2.46. The van der Waals surface area contributed by atoms with Crippen molar-refractivity contribution < 1.29 is 19.0 Å². The molecule has 0 aromatic heterocycles. The topological polar surface area (TPSA) is 44.8 Å². The van der Waals surface area contributed by atoms with E-state index in [-0.39, 0.29) is 12.8 Å². The Morgan fingerprint density at radius 1 is 1.18 bits per heavy atom. The van der Waals surface area contributed by atoms with Crippen LogP contribution in [-0.2, 0) is 10.3 Å². The van der Waals surface area contributed by atoms with Gasteiger partial charge in [0.1, 0.15) is 5.60 Å². The summed E-state index contributed by atoms with van der Waals surface area (Å²) in [6.07, 6.45) is 1.53. The summed E-state index contributed by atoms with van der Waals surface area (Å²) in [6.45, 7) is 4.27. The summed E-state index contributed by atoms with van der Waals surface area (Å²) in [4.78, 5) is 11.9. The van der Waals surface area contributed by atoms with Crippen LogP contribution in [0.25, 0.3) is 0 Å². The molecule has 0 saturated heterocycles. The summed E-state index contributed by atoms with van der Waals surface area (Å²) in [7, 11) is 0. The molecule has 0 fully saturated rings. The summed E-state index contributed by atoms with van der Waals surface area (Å²) in [5.41, 5.74) is 1.04. The third-order valence-corrected chi connectivity index (χ3v) is 3.65. The number of carbonyl (C=O) groups excluding carboxylic acids is 1. The number of hydrogen-bond donors (Lipinski definition) is 0. The van der Waals surface area contributed by atoms with Crippen LogP contribution in [0.4, 0.5) is 0 Å². The molecule has 0 unspecified atom stereocenters. The fraction of sp³-hybridized carbons (Fsp3) is 0.462. The van der Waals surface area contributed by atoms with Crippen LogP contribution in [0.5, 0.6) is 11.5 Å². The predicted octanol–water partition coefficient (Wildman–Crippen LogP) is 2.60. The lowest BCUT2D eigenvalue weighted by atomic mass is 9.87. The number of cyclic esters (lactones) is 1. The zero-order valence-electron chi connectivity index (χ0n) is 9.91. The van der Waals surface area contributed by atoms with Crippen LogP contribution in [0, 0.1) is 0 Å². The van der Waals surface area contributed by atoms with Gasteiger partial charge in [0.05, 0.1) is 5.56 Å². The van der Waals surface area contributed by atoms with Gasteiger partial charge in [-0.05, 0) is 25.0 Å². The van der Waals surface area contributed by atoms with Gasteiger partial charge < -0.3 is 14.2 Å². The second-order valence-corrected chi connectivity index (χ2v) is 4.34. The Hall–Kier alpha value is -1.71. The van der Waals surface area contributed by atoms with Crippen molar-refractivity contribution in [1.29, 1.82) is 0 Å². The van der Waals surface area contributed by atoms with Crippen molar-refractivity contribution in [3.05, 3.63) is 23.3 Å². The van der Waals surface area contributed by atoms with Gasteiger partial charge in [-0.2, -0.15) is 0 Å². The Bertz CT molecular complexity index is 488. The van der Waals surface area contributed by atoms with Crippen LogP contribution in [0.2, 0.25) is 0 Å². The van der Waals surface area contributed by atoms with E-state index >= 15 is 0 Å². The maximum absolute atomic E-state index is 11.9. The number of carbonyl (C=O) groups is 1. The highest BCUT2D eigenvalue weighted by Gasteiger charge is 2.44. The molecule has 2 heterocycles. The minimum absolute atomic E-state index is 0.221. The van der Waals surface area contributed by atoms with Gasteiger partial charge in [-0.1, -0.05) is 13.8 Å². The largest absolute Gasteiger partial charge is 0.454 e. The van der Waals surface area contributed by atoms with Crippen LogP contribution in [0.1, 0.15) is 42.6 Å². The van der Waals surface area contributed by atoms with Crippen molar-refractivity contribution in [3.8, 4) is 11.5 Å². The Balaban J connectivity index is 2.20. The smallest absolute Gasteiger partial charge is 0.339 e. The summed E-state index contributed by atoms with van der Waals surface area (Å²) in [6, 6.07) is 3.61. The summed E-state index contributed by atoms with van der Waals surface area (Å²) in [5, 5.41) is 0. The quantitative estimate of drug-likeness (QED) is 0.738. The summed E-state index contributed by atoms with van der Waals surface area (Å²) >= 11 is 0. The number of esters is 1. The molecule has 0 spiro atoms. The fourth-order valence-corrected chi connectivity index (χ4v) is 2.55. The second-order valence-electron chi connectivity index (χ2n) is 4.34. The number of rotatable bonds is 2. The molecule has 0 amide bonds. The average molecular weight is 234 g/mol.